The molecular formula is C17H19NO2. The quantitative estimate of drug-likeness (QED) is 0.724. The van der Waals surface area contributed by atoms with Crippen molar-refractivity contribution in [1.29, 1.82) is 0 Å². The second-order valence-electron chi connectivity index (χ2n) is 6.87. The number of hydrogen-bond donors (Lipinski definition) is 0. The molecule has 104 valence electrons. The van der Waals surface area contributed by atoms with Crippen LogP contribution in [-0.4, -0.2) is 23.0 Å². The van der Waals surface area contributed by atoms with Crippen LogP contribution in [0, 0.1) is 11.8 Å². The molecule has 0 radical (unpaired) electrons. The highest BCUT2D eigenvalue weighted by Gasteiger charge is 2.50. The molecule has 0 aromatic heterocycles. The van der Waals surface area contributed by atoms with Gasteiger partial charge >= 0.3 is 0 Å². The molecule has 20 heavy (non-hydrogen) atoms. The molecule has 0 N–H and O–H groups in total. The zero-order valence-corrected chi connectivity index (χ0v) is 11.5. The van der Waals surface area contributed by atoms with E-state index < -0.39 is 0 Å². The Morgan fingerprint density at radius 1 is 1.15 bits per heavy atom. The second-order valence-corrected chi connectivity index (χ2v) is 6.87. The van der Waals surface area contributed by atoms with Gasteiger partial charge in [0.05, 0.1) is 6.10 Å². The van der Waals surface area contributed by atoms with Crippen molar-refractivity contribution in [3.63, 3.8) is 0 Å². The first kappa shape index (κ1) is 11.2. The Labute approximate surface area is 118 Å². The highest BCUT2D eigenvalue weighted by molar-refractivity contribution is 5.99. The molecule has 0 spiro atoms. The summed E-state index contributed by atoms with van der Waals surface area (Å²) in [7, 11) is 0. The zero-order valence-electron chi connectivity index (χ0n) is 11.5. The molecule has 5 bridgehead atoms. The van der Waals surface area contributed by atoms with Gasteiger partial charge in [0.2, 0.25) is 0 Å². The Bertz CT molecular complexity index is 589. The number of ether oxygens (including phenoxy) is 1. The third-order valence-corrected chi connectivity index (χ3v) is 5.75. The number of fused-ring (bicyclic) bond motifs is 2. The molecule has 2 saturated carbocycles. The van der Waals surface area contributed by atoms with Gasteiger partial charge in [-0.2, -0.15) is 0 Å². The molecule has 1 aromatic carbocycles. The van der Waals surface area contributed by atoms with E-state index in [4.69, 9.17) is 4.74 Å². The number of carbonyl (C=O) groups excluding carboxylic acids is 1. The maximum absolute atomic E-state index is 12.6. The van der Waals surface area contributed by atoms with Gasteiger partial charge in [-0.05, 0) is 61.6 Å². The van der Waals surface area contributed by atoms with Crippen LogP contribution < -0.4 is 4.74 Å². The van der Waals surface area contributed by atoms with E-state index in [1.165, 1.54) is 37.7 Å². The predicted octanol–water partition coefficient (Wildman–Crippen LogP) is 2.98. The molecule has 2 atom stereocenters. The fourth-order valence-electron chi connectivity index (χ4n) is 4.54. The number of amides is 1. The SMILES string of the molecule is O=C1c2cc3ccc2CN1C1CC1C1CCC(CC1)O3. The molecule has 1 amide bonds. The maximum Gasteiger partial charge on any atom is 0.254 e. The van der Waals surface area contributed by atoms with Crippen molar-refractivity contribution in [1.82, 2.24) is 4.90 Å². The molecule has 2 fully saturated rings. The van der Waals surface area contributed by atoms with Crippen molar-refractivity contribution in [2.24, 2.45) is 11.8 Å². The first-order valence-electron chi connectivity index (χ1n) is 7.90. The number of hydrogen-bond acceptors (Lipinski definition) is 2. The summed E-state index contributed by atoms with van der Waals surface area (Å²) < 4.78 is 6.11. The van der Waals surface area contributed by atoms with Crippen LogP contribution >= 0.6 is 0 Å². The summed E-state index contributed by atoms with van der Waals surface area (Å²) in [5, 5.41) is 0. The van der Waals surface area contributed by atoms with Crippen LogP contribution in [0.1, 0.15) is 48.0 Å². The summed E-state index contributed by atoms with van der Waals surface area (Å²) >= 11 is 0. The topological polar surface area (TPSA) is 29.5 Å². The highest BCUT2D eigenvalue weighted by atomic mass is 16.5. The molecule has 2 aliphatic carbocycles. The summed E-state index contributed by atoms with van der Waals surface area (Å²) in [5.41, 5.74) is 2.06. The summed E-state index contributed by atoms with van der Waals surface area (Å²) in [6.45, 7) is 0.811. The summed E-state index contributed by atoms with van der Waals surface area (Å²) in [6.07, 6.45) is 6.49. The Kier molecular flexibility index (Phi) is 2.11. The van der Waals surface area contributed by atoms with Gasteiger partial charge in [0, 0.05) is 18.2 Å². The van der Waals surface area contributed by atoms with E-state index in [9.17, 15) is 4.79 Å². The Balaban J connectivity index is 1.60. The number of carbonyl (C=O) groups is 1. The van der Waals surface area contributed by atoms with E-state index in [-0.39, 0.29) is 5.91 Å². The second kappa shape index (κ2) is 3.78. The standard InChI is InChI=1S/C17H19NO2/c19-17-15-7-13-6-3-11(15)9-18(17)16-8-14(16)10-1-4-12(20-13)5-2-10/h3,6-7,10,12,14,16H,1-2,4-5,8-9H2. The van der Waals surface area contributed by atoms with Crippen LogP contribution in [0.5, 0.6) is 5.75 Å². The fraction of sp³-hybridized carbons (Fsp3) is 0.588. The van der Waals surface area contributed by atoms with Gasteiger partial charge in [0.25, 0.3) is 5.91 Å². The zero-order chi connectivity index (χ0) is 13.3. The van der Waals surface area contributed by atoms with Crippen LogP contribution in [0.25, 0.3) is 0 Å². The minimum atomic E-state index is 0.231. The molecule has 3 heteroatoms. The average molecular weight is 269 g/mol. The molecule has 3 heterocycles. The average Bonchev–Trinajstić information content (AvgIpc) is 3.19. The van der Waals surface area contributed by atoms with Crippen molar-refractivity contribution in [2.75, 3.05) is 0 Å². The molecule has 2 unspecified atom stereocenters. The van der Waals surface area contributed by atoms with Gasteiger partial charge in [-0.15, -0.1) is 0 Å². The van der Waals surface area contributed by atoms with Crippen molar-refractivity contribution in [3.05, 3.63) is 29.3 Å². The first-order valence-corrected chi connectivity index (χ1v) is 7.90. The fourth-order valence-corrected chi connectivity index (χ4v) is 4.54. The van der Waals surface area contributed by atoms with Gasteiger partial charge in [0.1, 0.15) is 5.75 Å². The largest absolute Gasteiger partial charge is 0.490 e. The molecule has 6 rings (SSSR count). The minimum absolute atomic E-state index is 0.231. The molecule has 3 aliphatic heterocycles. The number of rotatable bonds is 0. The third kappa shape index (κ3) is 1.49. The summed E-state index contributed by atoms with van der Waals surface area (Å²) in [6, 6.07) is 6.62. The van der Waals surface area contributed by atoms with Crippen LogP contribution in [0.2, 0.25) is 0 Å². The first-order chi connectivity index (χ1) is 9.79. The van der Waals surface area contributed by atoms with E-state index in [1.54, 1.807) is 0 Å². The smallest absolute Gasteiger partial charge is 0.254 e. The van der Waals surface area contributed by atoms with Gasteiger partial charge in [0.15, 0.2) is 0 Å². The third-order valence-electron chi connectivity index (χ3n) is 5.75. The van der Waals surface area contributed by atoms with E-state index in [2.05, 4.69) is 11.0 Å². The molecular weight excluding hydrogens is 250 g/mol. The van der Waals surface area contributed by atoms with Crippen molar-refractivity contribution >= 4 is 5.91 Å². The summed E-state index contributed by atoms with van der Waals surface area (Å²) in [4.78, 5) is 14.7. The lowest BCUT2D eigenvalue weighted by Gasteiger charge is -2.30. The Morgan fingerprint density at radius 3 is 2.85 bits per heavy atom. The Hall–Kier alpha value is -1.51. The minimum Gasteiger partial charge on any atom is -0.490 e. The van der Waals surface area contributed by atoms with E-state index in [0.717, 1.165) is 29.7 Å². The Morgan fingerprint density at radius 2 is 2.00 bits per heavy atom. The summed E-state index contributed by atoms with van der Waals surface area (Å²) in [5.74, 6) is 2.69. The van der Waals surface area contributed by atoms with Crippen LogP contribution in [0.15, 0.2) is 18.2 Å². The van der Waals surface area contributed by atoms with Crippen molar-refractivity contribution in [2.45, 2.75) is 50.8 Å². The van der Waals surface area contributed by atoms with E-state index in [0.29, 0.717) is 12.1 Å². The van der Waals surface area contributed by atoms with Gasteiger partial charge in [-0.1, -0.05) is 6.07 Å². The van der Waals surface area contributed by atoms with Crippen LogP contribution in [0.4, 0.5) is 0 Å². The van der Waals surface area contributed by atoms with Crippen molar-refractivity contribution in [3.8, 4) is 5.75 Å². The lowest BCUT2D eigenvalue weighted by molar-refractivity contribution is 0.0730. The molecule has 5 aliphatic rings. The predicted molar refractivity (Wildman–Crippen MR) is 74.6 cm³/mol. The van der Waals surface area contributed by atoms with Gasteiger partial charge < -0.3 is 9.64 Å². The lowest BCUT2D eigenvalue weighted by atomic mass is 9.84. The molecule has 0 saturated heterocycles. The van der Waals surface area contributed by atoms with E-state index in [1.807, 2.05) is 12.1 Å². The monoisotopic (exact) mass is 269 g/mol. The number of nitrogens with zero attached hydrogens (tertiary/aromatic N) is 1. The lowest BCUT2D eigenvalue weighted by Crippen LogP contribution is -2.31. The highest BCUT2D eigenvalue weighted by Crippen LogP contribution is 2.50. The molecule has 3 nitrogen and oxygen atoms in total. The van der Waals surface area contributed by atoms with E-state index >= 15 is 0 Å². The van der Waals surface area contributed by atoms with Crippen LogP contribution in [0.3, 0.4) is 0 Å². The van der Waals surface area contributed by atoms with Crippen LogP contribution in [-0.2, 0) is 6.54 Å². The molecule has 1 aromatic rings. The maximum atomic E-state index is 12.6. The van der Waals surface area contributed by atoms with Crippen molar-refractivity contribution < 1.29 is 9.53 Å². The van der Waals surface area contributed by atoms with Gasteiger partial charge in [-0.3, -0.25) is 4.79 Å². The number of benzene rings is 1. The normalized spacial score (nSPS) is 37.2. The van der Waals surface area contributed by atoms with Gasteiger partial charge in [-0.25, -0.2) is 0 Å².